The Bertz CT molecular complexity index is 726. The first kappa shape index (κ1) is 12.4. The number of benzene rings is 1. The summed E-state index contributed by atoms with van der Waals surface area (Å²) in [5.41, 5.74) is 3.69. The molecule has 0 radical (unpaired) electrons. The number of rotatable bonds is 1. The number of hydrogen-bond donors (Lipinski definition) is 1. The van der Waals surface area contributed by atoms with E-state index in [-0.39, 0.29) is 5.92 Å². The molecule has 1 aromatic heterocycles. The van der Waals surface area contributed by atoms with Crippen molar-refractivity contribution >= 4 is 24.0 Å². The molecule has 2 aliphatic heterocycles. The summed E-state index contributed by atoms with van der Waals surface area (Å²) >= 11 is 7.35. The van der Waals surface area contributed by atoms with Crippen LogP contribution in [0.3, 0.4) is 0 Å². The van der Waals surface area contributed by atoms with Gasteiger partial charge >= 0.3 is 0 Å². The fraction of sp³-hybridized carbons (Fsp3) is 0.333. The van der Waals surface area contributed by atoms with E-state index < -0.39 is 0 Å². The number of thioether (sulfide) groups is 1. The summed E-state index contributed by atoms with van der Waals surface area (Å²) in [6.45, 7) is 0.732. The predicted molar refractivity (Wildman–Crippen MR) is 82.8 cm³/mol. The molecule has 0 spiro atoms. The Morgan fingerprint density at radius 2 is 2.20 bits per heavy atom. The number of ether oxygens (including phenoxy) is 1. The lowest BCUT2D eigenvalue weighted by molar-refractivity contribution is 0.274. The van der Waals surface area contributed by atoms with Crippen LogP contribution in [0, 0.1) is 4.64 Å². The van der Waals surface area contributed by atoms with E-state index in [1.807, 2.05) is 23.9 Å². The zero-order valence-corrected chi connectivity index (χ0v) is 12.5. The largest absolute Gasteiger partial charge is 0.493 e. The monoisotopic (exact) mass is 302 g/mol. The fourth-order valence-corrected chi connectivity index (χ4v) is 4.34. The van der Waals surface area contributed by atoms with Crippen LogP contribution in [0.25, 0.3) is 0 Å². The highest BCUT2D eigenvalue weighted by atomic mass is 32.2. The van der Waals surface area contributed by atoms with E-state index in [0.29, 0.717) is 0 Å². The minimum absolute atomic E-state index is 0.262. The highest BCUT2D eigenvalue weighted by Gasteiger charge is 2.26. The first-order chi connectivity index (χ1) is 9.83. The smallest absolute Gasteiger partial charge is 0.134 e. The third-order valence-electron chi connectivity index (χ3n) is 3.90. The topological polar surface area (TPSA) is 37.9 Å². The molecular weight excluding hydrogens is 288 g/mol. The summed E-state index contributed by atoms with van der Waals surface area (Å²) < 4.78 is 6.49. The molecule has 1 unspecified atom stereocenters. The summed E-state index contributed by atoms with van der Waals surface area (Å²) in [6, 6.07) is 8.22. The Kier molecular flexibility index (Phi) is 3.04. The van der Waals surface area contributed by atoms with Gasteiger partial charge in [0.05, 0.1) is 6.61 Å². The SMILES string of the molecule is S=c1nc(C2CCOc3ccccc32)[nH]c2c1CSC2. The van der Waals surface area contributed by atoms with Crippen LogP contribution < -0.4 is 4.74 Å². The summed E-state index contributed by atoms with van der Waals surface area (Å²) in [7, 11) is 0. The molecule has 2 aromatic rings. The van der Waals surface area contributed by atoms with Crippen molar-refractivity contribution in [3.8, 4) is 5.75 Å². The Morgan fingerprint density at radius 3 is 3.15 bits per heavy atom. The van der Waals surface area contributed by atoms with Gasteiger partial charge in [0.15, 0.2) is 0 Å². The molecule has 3 nitrogen and oxygen atoms in total. The number of H-pyrrole nitrogens is 1. The molecule has 1 N–H and O–H groups in total. The van der Waals surface area contributed by atoms with Gasteiger partial charge in [-0.05, 0) is 12.5 Å². The van der Waals surface area contributed by atoms with E-state index in [1.54, 1.807) is 0 Å². The van der Waals surface area contributed by atoms with Crippen LogP contribution in [0.2, 0.25) is 0 Å². The lowest BCUT2D eigenvalue weighted by Gasteiger charge is -2.25. The molecule has 0 bridgehead atoms. The Labute approximate surface area is 126 Å². The highest BCUT2D eigenvalue weighted by Crippen LogP contribution is 2.38. The standard InChI is InChI=1S/C15H14N2OS2/c19-15-11-7-20-8-12(11)16-14(17-15)10-5-6-18-13-4-2-1-3-9(10)13/h1-4,10H,5-8H2,(H,16,17,19). The molecule has 5 heteroatoms. The van der Waals surface area contributed by atoms with Gasteiger partial charge in [-0.1, -0.05) is 30.4 Å². The van der Waals surface area contributed by atoms with Crippen molar-refractivity contribution in [2.24, 2.45) is 0 Å². The van der Waals surface area contributed by atoms with E-state index in [9.17, 15) is 0 Å². The quantitative estimate of drug-likeness (QED) is 0.813. The van der Waals surface area contributed by atoms with Crippen molar-refractivity contribution in [3.05, 3.63) is 51.6 Å². The summed E-state index contributed by atoms with van der Waals surface area (Å²) in [4.78, 5) is 8.18. The molecule has 0 amide bonds. The van der Waals surface area contributed by atoms with Gasteiger partial charge in [-0.2, -0.15) is 11.8 Å². The van der Waals surface area contributed by atoms with Gasteiger partial charge in [-0.15, -0.1) is 0 Å². The van der Waals surface area contributed by atoms with Crippen LogP contribution in [0.1, 0.15) is 35.0 Å². The number of para-hydroxylation sites is 1. The van der Waals surface area contributed by atoms with E-state index in [2.05, 4.69) is 22.1 Å². The maximum Gasteiger partial charge on any atom is 0.134 e. The minimum atomic E-state index is 0.262. The molecule has 0 fully saturated rings. The van der Waals surface area contributed by atoms with Crippen molar-refractivity contribution in [3.63, 3.8) is 0 Å². The lowest BCUT2D eigenvalue weighted by atomic mass is 9.92. The van der Waals surface area contributed by atoms with Gasteiger partial charge < -0.3 is 9.72 Å². The summed E-state index contributed by atoms with van der Waals surface area (Å²) in [5.74, 6) is 4.23. The van der Waals surface area contributed by atoms with Gasteiger partial charge in [0.2, 0.25) is 0 Å². The normalized spacial score (nSPS) is 20.1. The number of fused-ring (bicyclic) bond motifs is 2. The van der Waals surface area contributed by atoms with Crippen LogP contribution in [-0.4, -0.2) is 16.6 Å². The third kappa shape index (κ3) is 1.96. The van der Waals surface area contributed by atoms with Gasteiger partial charge in [-0.3, -0.25) is 0 Å². The molecule has 0 saturated heterocycles. The van der Waals surface area contributed by atoms with Crippen LogP contribution >= 0.6 is 24.0 Å². The fourth-order valence-electron chi connectivity index (χ4n) is 2.88. The van der Waals surface area contributed by atoms with Crippen LogP contribution in [-0.2, 0) is 11.5 Å². The van der Waals surface area contributed by atoms with Crippen molar-refractivity contribution < 1.29 is 4.74 Å². The highest BCUT2D eigenvalue weighted by molar-refractivity contribution is 7.98. The van der Waals surface area contributed by atoms with Crippen molar-refractivity contribution in [1.82, 2.24) is 9.97 Å². The third-order valence-corrected chi connectivity index (χ3v) is 5.23. The van der Waals surface area contributed by atoms with Gasteiger partial charge in [0.25, 0.3) is 0 Å². The number of aromatic amines is 1. The van der Waals surface area contributed by atoms with Crippen LogP contribution in [0.5, 0.6) is 5.75 Å². The number of hydrogen-bond acceptors (Lipinski definition) is 4. The second kappa shape index (κ2) is 4.90. The lowest BCUT2D eigenvalue weighted by Crippen LogP contribution is -2.18. The van der Waals surface area contributed by atoms with Gasteiger partial charge in [0.1, 0.15) is 16.2 Å². The predicted octanol–water partition coefficient (Wildman–Crippen LogP) is 3.80. The first-order valence-electron chi connectivity index (χ1n) is 6.74. The maximum absolute atomic E-state index is 5.73. The first-order valence-corrected chi connectivity index (χ1v) is 8.30. The van der Waals surface area contributed by atoms with Gasteiger partial charge in [-0.25, -0.2) is 4.98 Å². The Balaban J connectivity index is 1.83. The van der Waals surface area contributed by atoms with Crippen LogP contribution in [0.4, 0.5) is 0 Å². The molecule has 2 aliphatic rings. The molecule has 102 valence electrons. The van der Waals surface area contributed by atoms with Crippen molar-refractivity contribution in [1.29, 1.82) is 0 Å². The van der Waals surface area contributed by atoms with Crippen molar-refractivity contribution in [2.75, 3.05) is 6.61 Å². The maximum atomic E-state index is 5.73. The second-order valence-electron chi connectivity index (χ2n) is 5.10. The molecule has 3 heterocycles. The molecule has 20 heavy (non-hydrogen) atoms. The molecule has 0 aliphatic carbocycles. The van der Waals surface area contributed by atoms with E-state index in [1.165, 1.54) is 16.8 Å². The molecule has 4 rings (SSSR count). The van der Waals surface area contributed by atoms with E-state index in [0.717, 1.165) is 40.7 Å². The second-order valence-corrected chi connectivity index (χ2v) is 6.48. The van der Waals surface area contributed by atoms with E-state index >= 15 is 0 Å². The zero-order valence-electron chi connectivity index (χ0n) is 10.9. The molecule has 1 aromatic carbocycles. The number of aromatic nitrogens is 2. The van der Waals surface area contributed by atoms with Crippen LogP contribution in [0.15, 0.2) is 24.3 Å². The molecule has 1 atom stereocenters. The Morgan fingerprint density at radius 1 is 1.30 bits per heavy atom. The average molecular weight is 302 g/mol. The average Bonchev–Trinajstić information content (AvgIpc) is 2.95. The number of nitrogens with zero attached hydrogens (tertiary/aromatic N) is 1. The minimum Gasteiger partial charge on any atom is -0.493 e. The van der Waals surface area contributed by atoms with E-state index in [4.69, 9.17) is 17.0 Å². The molecule has 0 saturated carbocycles. The molecular formula is C15H14N2OS2. The van der Waals surface area contributed by atoms with Gasteiger partial charge in [0, 0.05) is 34.2 Å². The summed E-state index contributed by atoms with van der Waals surface area (Å²) in [5, 5.41) is 0. The Hall–Kier alpha value is -1.33. The number of nitrogens with one attached hydrogen (secondary N) is 1. The summed E-state index contributed by atoms with van der Waals surface area (Å²) in [6.07, 6.45) is 0.946. The zero-order chi connectivity index (χ0) is 13.5. The van der Waals surface area contributed by atoms with Crippen molar-refractivity contribution in [2.45, 2.75) is 23.8 Å².